The maximum absolute atomic E-state index is 4.68. The summed E-state index contributed by atoms with van der Waals surface area (Å²) >= 11 is 0. The first-order chi connectivity index (χ1) is 27.2. The molecule has 1 aliphatic carbocycles. The Balaban J connectivity index is 0.946. The zero-order valence-electron chi connectivity index (χ0n) is 30.8. The van der Waals surface area contributed by atoms with Gasteiger partial charge in [0.2, 0.25) is 0 Å². The fourth-order valence-corrected chi connectivity index (χ4v) is 9.45. The molecule has 5 unspecified atom stereocenters. The van der Waals surface area contributed by atoms with Gasteiger partial charge in [-0.2, -0.15) is 0 Å². The van der Waals surface area contributed by atoms with Crippen LogP contribution in [0.25, 0.3) is 38.6 Å². The summed E-state index contributed by atoms with van der Waals surface area (Å²) in [6, 6.07) is 56.1. The highest BCUT2D eigenvalue weighted by Gasteiger charge is 2.59. The first kappa shape index (κ1) is 32.2. The number of fused-ring (bicyclic) bond motifs is 4. The van der Waals surface area contributed by atoms with Gasteiger partial charge in [-0.3, -0.25) is 0 Å². The van der Waals surface area contributed by atoms with Crippen molar-refractivity contribution in [1.29, 1.82) is 0 Å². The van der Waals surface area contributed by atoms with Crippen LogP contribution in [0.15, 0.2) is 200 Å². The highest BCUT2D eigenvalue weighted by Crippen LogP contribution is 2.57. The van der Waals surface area contributed by atoms with Gasteiger partial charge in [0.1, 0.15) is 6.17 Å². The Hall–Kier alpha value is -6.20. The molecular formula is C51H42N4. The number of nitrogens with zero attached hydrogens (tertiary/aromatic N) is 4. The molecule has 0 bridgehead atoms. The fraction of sp³-hybridized carbons (Fsp3) is 0.137. The van der Waals surface area contributed by atoms with Crippen LogP contribution in [-0.2, 0) is 0 Å². The molecular weight excluding hydrogens is 669 g/mol. The maximum atomic E-state index is 4.68. The molecule has 4 nitrogen and oxygen atoms in total. The first-order valence-electron chi connectivity index (χ1n) is 19.6. The third-order valence-electron chi connectivity index (χ3n) is 12.2. The van der Waals surface area contributed by atoms with Gasteiger partial charge in [0.15, 0.2) is 0 Å². The lowest BCUT2D eigenvalue weighted by atomic mass is 9.82. The van der Waals surface area contributed by atoms with Crippen molar-refractivity contribution in [2.45, 2.75) is 37.4 Å². The molecule has 0 radical (unpaired) electrons. The molecule has 7 aromatic rings. The smallest absolute Gasteiger partial charge is 0.116 e. The van der Waals surface area contributed by atoms with Gasteiger partial charge in [0.05, 0.1) is 22.8 Å². The monoisotopic (exact) mass is 710 g/mol. The Labute approximate surface area is 322 Å². The number of para-hydroxylation sites is 4. The second-order valence-electron chi connectivity index (χ2n) is 15.3. The van der Waals surface area contributed by atoms with Crippen LogP contribution < -0.4 is 4.90 Å². The molecule has 0 saturated carbocycles. The minimum Gasteiger partial charge on any atom is -0.317 e. The molecule has 2 saturated heterocycles. The van der Waals surface area contributed by atoms with Crippen molar-refractivity contribution in [3.63, 3.8) is 0 Å². The highest BCUT2D eigenvalue weighted by molar-refractivity contribution is 6.14. The third-order valence-corrected chi connectivity index (χ3v) is 12.2. The summed E-state index contributed by atoms with van der Waals surface area (Å²) in [5, 5.41) is 7.51. The molecule has 1 aromatic heterocycles. The van der Waals surface area contributed by atoms with Gasteiger partial charge >= 0.3 is 0 Å². The zero-order chi connectivity index (χ0) is 36.5. The predicted molar refractivity (Wildman–Crippen MR) is 227 cm³/mol. The molecule has 0 N–H and O–H groups in total. The minimum atomic E-state index is 0.300. The normalized spacial score (nSPS) is 23.5. The summed E-state index contributed by atoms with van der Waals surface area (Å²) < 4.78 is 2.44. The standard InChI is InChI=1S/C51H42N4/c1-35-15-12-13-32-52(47-31-30-39(33-45(35)47)36-26-28-38(29-27-36)51-53-34-49(55(51)53)37-16-4-2-5-17-37)46-24-10-8-20-41(46)43-22-14-23-44-42-21-9-11-25-48(42)54(50(43)44)40-18-6-3-7-19-40/h2-11,13-14,16-32,39,49,51H,1,12,15,33-34H2/b32-13-. The van der Waals surface area contributed by atoms with E-state index in [0.717, 1.165) is 31.5 Å². The van der Waals surface area contributed by atoms with Crippen molar-refractivity contribution in [3.8, 4) is 16.8 Å². The molecule has 0 spiro atoms. The van der Waals surface area contributed by atoms with Crippen molar-refractivity contribution in [2.24, 2.45) is 0 Å². The van der Waals surface area contributed by atoms with Crippen LogP contribution in [0.1, 0.15) is 54.1 Å². The third kappa shape index (κ3) is 5.28. The van der Waals surface area contributed by atoms with Gasteiger partial charge in [-0.05, 0) is 77.4 Å². The molecule has 6 aromatic carbocycles. The summed E-state index contributed by atoms with van der Waals surface area (Å²) in [5.74, 6) is 0.300. The van der Waals surface area contributed by atoms with Crippen LogP contribution in [0.5, 0.6) is 0 Å². The van der Waals surface area contributed by atoms with Gasteiger partial charge in [0.25, 0.3) is 0 Å². The van der Waals surface area contributed by atoms with Gasteiger partial charge in [-0.15, -0.1) is 0 Å². The van der Waals surface area contributed by atoms with E-state index in [1.54, 1.807) is 0 Å². The summed E-state index contributed by atoms with van der Waals surface area (Å²) in [6.07, 6.45) is 12.6. The largest absolute Gasteiger partial charge is 0.317 e. The molecule has 5 atom stereocenters. The second-order valence-corrected chi connectivity index (χ2v) is 15.3. The van der Waals surface area contributed by atoms with Gasteiger partial charge < -0.3 is 9.47 Å². The average Bonchev–Trinajstić information content (AvgIpc) is 3.67. The van der Waals surface area contributed by atoms with Gasteiger partial charge in [-0.25, -0.2) is 10.0 Å². The Morgan fingerprint density at radius 2 is 1.33 bits per heavy atom. The zero-order valence-corrected chi connectivity index (χ0v) is 30.8. The fourth-order valence-electron chi connectivity index (χ4n) is 9.45. The summed E-state index contributed by atoms with van der Waals surface area (Å²) in [4.78, 5) is 2.42. The molecule has 0 amide bonds. The van der Waals surface area contributed by atoms with E-state index in [4.69, 9.17) is 0 Å². The number of anilines is 1. The van der Waals surface area contributed by atoms with E-state index in [2.05, 4.69) is 202 Å². The van der Waals surface area contributed by atoms with E-state index >= 15 is 0 Å². The number of aromatic nitrogens is 1. The van der Waals surface area contributed by atoms with E-state index in [-0.39, 0.29) is 0 Å². The Morgan fingerprint density at radius 3 is 2.18 bits per heavy atom. The number of hydrogen-bond acceptors (Lipinski definition) is 3. The molecule has 266 valence electrons. The number of benzene rings is 6. The van der Waals surface area contributed by atoms with Crippen LogP contribution >= 0.6 is 0 Å². The van der Waals surface area contributed by atoms with Crippen molar-refractivity contribution in [1.82, 2.24) is 14.6 Å². The molecule has 11 rings (SSSR count). The maximum Gasteiger partial charge on any atom is 0.116 e. The molecule has 4 aliphatic rings. The lowest BCUT2D eigenvalue weighted by molar-refractivity contribution is 0.109. The van der Waals surface area contributed by atoms with E-state index in [1.807, 2.05) is 0 Å². The van der Waals surface area contributed by atoms with Crippen molar-refractivity contribution < 1.29 is 0 Å². The average molecular weight is 711 g/mol. The van der Waals surface area contributed by atoms with Crippen LogP contribution in [0.3, 0.4) is 0 Å². The first-order valence-corrected chi connectivity index (χ1v) is 19.6. The van der Waals surface area contributed by atoms with Crippen LogP contribution in [0.4, 0.5) is 5.69 Å². The van der Waals surface area contributed by atoms with Crippen LogP contribution in [-0.4, -0.2) is 21.1 Å². The topological polar surface area (TPSA) is 14.2 Å². The Morgan fingerprint density at radius 1 is 0.618 bits per heavy atom. The predicted octanol–water partition coefficient (Wildman–Crippen LogP) is 12.4. The van der Waals surface area contributed by atoms with E-state index in [1.165, 1.54) is 72.2 Å². The summed E-state index contributed by atoms with van der Waals surface area (Å²) in [6.45, 7) is 5.78. The van der Waals surface area contributed by atoms with E-state index in [9.17, 15) is 0 Å². The number of rotatable bonds is 6. The highest BCUT2D eigenvalue weighted by atomic mass is 15.9. The van der Waals surface area contributed by atoms with Crippen molar-refractivity contribution in [3.05, 3.63) is 216 Å². The number of allylic oxidation sites excluding steroid dienone is 5. The lowest BCUT2D eigenvalue weighted by Crippen LogP contribution is -2.32. The molecule has 3 aliphatic heterocycles. The molecule has 55 heavy (non-hydrogen) atoms. The van der Waals surface area contributed by atoms with Crippen LogP contribution in [0.2, 0.25) is 0 Å². The molecule has 4 heteroatoms. The SMILES string of the molecule is C=C1CC/C=C\N(c2ccccc2-c2cccc3c4ccccc4n(-c4ccccc4)c23)C2=C1CC(c1ccc(C3N4CC(c5ccccc5)N34)cc1)C=C2. The minimum absolute atomic E-state index is 0.300. The quantitative estimate of drug-likeness (QED) is 0.160. The summed E-state index contributed by atoms with van der Waals surface area (Å²) in [5.41, 5.74) is 15.2. The van der Waals surface area contributed by atoms with Gasteiger partial charge in [0, 0.05) is 51.9 Å². The van der Waals surface area contributed by atoms with E-state index in [0.29, 0.717) is 18.1 Å². The Bertz CT molecular complexity index is 2700. The second kappa shape index (κ2) is 13.0. The summed E-state index contributed by atoms with van der Waals surface area (Å²) in [7, 11) is 0. The number of hydrazine groups is 1. The van der Waals surface area contributed by atoms with Gasteiger partial charge in [-0.1, -0.05) is 146 Å². The van der Waals surface area contributed by atoms with Crippen LogP contribution in [0, 0.1) is 0 Å². The number of hydrogen-bond donors (Lipinski definition) is 0. The van der Waals surface area contributed by atoms with Crippen molar-refractivity contribution >= 4 is 27.5 Å². The molecule has 2 fully saturated rings. The lowest BCUT2D eigenvalue weighted by Gasteiger charge is -2.33. The Kier molecular flexibility index (Phi) is 7.61. The molecule has 4 heterocycles. The van der Waals surface area contributed by atoms with E-state index < -0.39 is 0 Å². The van der Waals surface area contributed by atoms with Crippen molar-refractivity contribution in [2.75, 3.05) is 11.4 Å².